The van der Waals surface area contributed by atoms with E-state index in [2.05, 4.69) is 22.3 Å². The highest BCUT2D eigenvalue weighted by atomic mass is 35.5. The molecule has 0 radical (unpaired) electrons. The molecule has 2 aromatic rings. The smallest absolute Gasteiger partial charge is 0.255 e. The molecule has 26 heavy (non-hydrogen) atoms. The summed E-state index contributed by atoms with van der Waals surface area (Å²) in [5, 5.41) is 3.45. The summed E-state index contributed by atoms with van der Waals surface area (Å²) in [5.41, 5.74) is 1.63. The van der Waals surface area contributed by atoms with Crippen molar-refractivity contribution >= 4 is 17.5 Å². The molecule has 1 amide bonds. The predicted octanol–water partition coefficient (Wildman–Crippen LogP) is 3.15. The molecule has 138 valence electrons. The van der Waals surface area contributed by atoms with Crippen LogP contribution in [-0.4, -0.2) is 50.7 Å². The number of nitrogens with one attached hydrogen (secondary N) is 1. The van der Waals surface area contributed by atoms with Gasteiger partial charge in [-0.15, -0.1) is 0 Å². The van der Waals surface area contributed by atoms with Gasteiger partial charge in [0.1, 0.15) is 5.75 Å². The van der Waals surface area contributed by atoms with Gasteiger partial charge >= 0.3 is 0 Å². The van der Waals surface area contributed by atoms with E-state index >= 15 is 0 Å². The Bertz CT molecular complexity index is 739. The number of halogens is 1. The monoisotopic (exact) mass is 374 g/mol. The number of amides is 1. The van der Waals surface area contributed by atoms with E-state index in [4.69, 9.17) is 21.1 Å². The molecule has 1 aliphatic heterocycles. The number of hydrogen-bond acceptors (Lipinski definition) is 4. The zero-order chi connectivity index (χ0) is 18.4. The minimum atomic E-state index is -0.183. The molecule has 0 saturated carbocycles. The number of hydrogen-bond donors (Lipinski definition) is 1. The Kier molecular flexibility index (Phi) is 6.50. The molecule has 1 aliphatic rings. The fraction of sp³-hybridized carbons (Fsp3) is 0.350. The van der Waals surface area contributed by atoms with Crippen molar-refractivity contribution in [2.24, 2.45) is 0 Å². The van der Waals surface area contributed by atoms with Crippen LogP contribution >= 0.6 is 11.6 Å². The number of benzene rings is 2. The van der Waals surface area contributed by atoms with Gasteiger partial charge in [0, 0.05) is 31.2 Å². The van der Waals surface area contributed by atoms with E-state index < -0.39 is 0 Å². The van der Waals surface area contributed by atoms with E-state index in [1.54, 1.807) is 18.2 Å². The standard InChI is InChI=1S/C20H23ClN2O3/c1-25-18-8-7-16(21)13-17(18)20(24)22-9-10-23-11-12-26-19(14-23)15-5-3-2-4-6-15/h2-8,13,19H,9-12,14H2,1H3,(H,22,24)/t19-/m0/s1. The van der Waals surface area contributed by atoms with Crippen molar-refractivity contribution in [1.29, 1.82) is 0 Å². The van der Waals surface area contributed by atoms with E-state index in [1.807, 2.05) is 18.2 Å². The molecular formula is C20H23ClN2O3. The first-order chi connectivity index (χ1) is 12.7. The molecule has 1 heterocycles. The number of methoxy groups -OCH3 is 1. The van der Waals surface area contributed by atoms with Gasteiger partial charge in [-0.3, -0.25) is 9.69 Å². The molecule has 6 heteroatoms. The number of morpholine rings is 1. The minimum absolute atomic E-state index is 0.0775. The summed E-state index contributed by atoms with van der Waals surface area (Å²) in [4.78, 5) is 14.7. The Labute approximate surface area is 158 Å². The first-order valence-electron chi connectivity index (χ1n) is 8.68. The van der Waals surface area contributed by atoms with Crippen LogP contribution in [0.4, 0.5) is 0 Å². The Hall–Kier alpha value is -2.08. The van der Waals surface area contributed by atoms with Crippen LogP contribution < -0.4 is 10.1 Å². The predicted molar refractivity (Wildman–Crippen MR) is 102 cm³/mol. The Morgan fingerprint density at radius 2 is 2.12 bits per heavy atom. The molecule has 1 N–H and O–H groups in total. The summed E-state index contributed by atoms with van der Waals surface area (Å²) < 4.78 is 11.1. The number of carbonyl (C=O) groups excluding carboxylic acids is 1. The van der Waals surface area contributed by atoms with E-state index in [0.717, 1.165) is 19.6 Å². The van der Waals surface area contributed by atoms with Crippen LogP contribution in [0.25, 0.3) is 0 Å². The van der Waals surface area contributed by atoms with E-state index in [-0.39, 0.29) is 12.0 Å². The third-order valence-corrected chi connectivity index (χ3v) is 4.68. The van der Waals surface area contributed by atoms with Crippen molar-refractivity contribution in [2.75, 3.05) is 39.9 Å². The van der Waals surface area contributed by atoms with Crippen LogP contribution in [0.5, 0.6) is 5.75 Å². The molecule has 0 spiro atoms. The second-order valence-electron chi connectivity index (χ2n) is 6.17. The van der Waals surface area contributed by atoms with Crippen LogP contribution in [-0.2, 0) is 4.74 Å². The molecule has 1 saturated heterocycles. The minimum Gasteiger partial charge on any atom is -0.496 e. The third kappa shape index (κ3) is 4.75. The Balaban J connectivity index is 1.52. The van der Waals surface area contributed by atoms with Gasteiger partial charge in [-0.1, -0.05) is 41.9 Å². The lowest BCUT2D eigenvalue weighted by Gasteiger charge is -2.33. The van der Waals surface area contributed by atoms with Gasteiger partial charge in [0.15, 0.2) is 0 Å². The fourth-order valence-electron chi connectivity index (χ4n) is 3.06. The average Bonchev–Trinajstić information content (AvgIpc) is 2.69. The molecule has 0 unspecified atom stereocenters. The number of rotatable bonds is 6. The quantitative estimate of drug-likeness (QED) is 0.843. The van der Waals surface area contributed by atoms with E-state index in [0.29, 0.717) is 29.5 Å². The molecule has 5 nitrogen and oxygen atoms in total. The summed E-state index contributed by atoms with van der Waals surface area (Å²) in [6, 6.07) is 15.2. The zero-order valence-corrected chi connectivity index (χ0v) is 15.5. The topological polar surface area (TPSA) is 50.8 Å². The van der Waals surface area contributed by atoms with Gasteiger partial charge in [-0.05, 0) is 23.8 Å². The van der Waals surface area contributed by atoms with Gasteiger partial charge in [-0.2, -0.15) is 0 Å². The van der Waals surface area contributed by atoms with Gasteiger partial charge < -0.3 is 14.8 Å². The maximum absolute atomic E-state index is 12.4. The molecule has 2 aromatic carbocycles. The van der Waals surface area contributed by atoms with Crippen molar-refractivity contribution in [1.82, 2.24) is 10.2 Å². The van der Waals surface area contributed by atoms with Crippen LogP contribution in [0, 0.1) is 0 Å². The SMILES string of the molecule is COc1ccc(Cl)cc1C(=O)NCCN1CCO[C@H](c2ccccc2)C1. The summed E-state index contributed by atoms with van der Waals surface area (Å²) in [7, 11) is 1.54. The second kappa shape index (κ2) is 9.03. The fourth-order valence-corrected chi connectivity index (χ4v) is 3.23. The molecule has 3 rings (SSSR count). The third-order valence-electron chi connectivity index (χ3n) is 4.44. The number of carbonyl (C=O) groups is 1. The van der Waals surface area contributed by atoms with Crippen LogP contribution in [0.2, 0.25) is 5.02 Å². The van der Waals surface area contributed by atoms with Crippen LogP contribution in [0.3, 0.4) is 0 Å². The lowest BCUT2D eigenvalue weighted by atomic mass is 10.1. The highest BCUT2D eigenvalue weighted by Crippen LogP contribution is 2.23. The molecule has 1 atom stereocenters. The largest absolute Gasteiger partial charge is 0.496 e. The van der Waals surface area contributed by atoms with Gasteiger partial charge in [-0.25, -0.2) is 0 Å². The van der Waals surface area contributed by atoms with Crippen LogP contribution in [0.1, 0.15) is 22.0 Å². The maximum Gasteiger partial charge on any atom is 0.255 e. The Morgan fingerprint density at radius 3 is 2.88 bits per heavy atom. The lowest BCUT2D eigenvalue weighted by molar-refractivity contribution is -0.0293. The summed E-state index contributed by atoms with van der Waals surface area (Å²) in [6.07, 6.45) is 0.0775. The van der Waals surface area contributed by atoms with Gasteiger partial charge in [0.25, 0.3) is 5.91 Å². The highest BCUT2D eigenvalue weighted by molar-refractivity contribution is 6.31. The van der Waals surface area contributed by atoms with Gasteiger partial charge in [0.05, 0.1) is 25.4 Å². The normalized spacial score (nSPS) is 17.7. The number of ether oxygens (including phenoxy) is 2. The zero-order valence-electron chi connectivity index (χ0n) is 14.8. The van der Waals surface area contributed by atoms with Crippen molar-refractivity contribution in [3.63, 3.8) is 0 Å². The maximum atomic E-state index is 12.4. The summed E-state index contributed by atoms with van der Waals surface area (Å²) in [5.74, 6) is 0.333. The Morgan fingerprint density at radius 1 is 1.31 bits per heavy atom. The summed E-state index contributed by atoms with van der Waals surface area (Å²) in [6.45, 7) is 3.69. The first-order valence-corrected chi connectivity index (χ1v) is 9.06. The molecule has 0 bridgehead atoms. The highest BCUT2D eigenvalue weighted by Gasteiger charge is 2.21. The first kappa shape index (κ1) is 18.7. The second-order valence-corrected chi connectivity index (χ2v) is 6.61. The van der Waals surface area contributed by atoms with Gasteiger partial charge in [0.2, 0.25) is 0 Å². The van der Waals surface area contributed by atoms with Crippen molar-refractivity contribution in [3.8, 4) is 5.75 Å². The molecule has 0 aromatic heterocycles. The van der Waals surface area contributed by atoms with Crippen molar-refractivity contribution in [3.05, 3.63) is 64.7 Å². The lowest BCUT2D eigenvalue weighted by Crippen LogP contribution is -2.42. The summed E-state index contributed by atoms with van der Waals surface area (Å²) >= 11 is 5.99. The number of nitrogens with zero attached hydrogens (tertiary/aromatic N) is 1. The van der Waals surface area contributed by atoms with E-state index in [9.17, 15) is 4.79 Å². The van der Waals surface area contributed by atoms with E-state index in [1.165, 1.54) is 12.7 Å². The van der Waals surface area contributed by atoms with Crippen molar-refractivity contribution in [2.45, 2.75) is 6.10 Å². The average molecular weight is 375 g/mol. The van der Waals surface area contributed by atoms with Crippen LogP contribution in [0.15, 0.2) is 48.5 Å². The van der Waals surface area contributed by atoms with Crippen molar-refractivity contribution < 1.29 is 14.3 Å². The molecular weight excluding hydrogens is 352 g/mol. The molecule has 0 aliphatic carbocycles. The molecule has 1 fully saturated rings.